The van der Waals surface area contributed by atoms with E-state index in [9.17, 15) is 4.79 Å². The van der Waals surface area contributed by atoms with E-state index in [1.54, 1.807) is 13.2 Å². The molecule has 2 heterocycles. The average molecular weight is 363 g/mol. The number of aromatic nitrogens is 2. The van der Waals surface area contributed by atoms with Crippen molar-refractivity contribution >= 4 is 27.3 Å². The topological polar surface area (TPSA) is 50.2 Å². The first-order valence-electron chi connectivity index (χ1n) is 7.38. The molecule has 0 bridgehead atoms. The zero-order valence-corrected chi connectivity index (χ0v) is 14.3. The molecule has 5 nitrogen and oxygen atoms in total. The number of hydrogen-bond donors (Lipinski definition) is 1. The summed E-state index contributed by atoms with van der Waals surface area (Å²) in [4.78, 5) is 14.3. The van der Waals surface area contributed by atoms with E-state index in [1.807, 2.05) is 0 Å². The Labute approximate surface area is 138 Å². The molecule has 0 radical (unpaired) electrons. The van der Waals surface area contributed by atoms with Crippen LogP contribution in [0.25, 0.3) is 0 Å². The van der Waals surface area contributed by atoms with Crippen molar-refractivity contribution in [1.82, 2.24) is 9.78 Å². The number of para-hydroxylation sites is 1. The number of halogens is 1. The second kappa shape index (κ2) is 6.12. The van der Waals surface area contributed by atoms with Crippen LogP contribution in [-0.4, -0.2) is 28.9 Å². The summed E-state index contributed by atoms with van der Waals surface area (Å²) in [6.45, 7) is 3.98. The smallest absolute Gasteiger partial charge is 0.282 e. The van der Waals surface area contributed by atoms with Crippen molar-refractivity contribution < 1.29 is 0 Å². The third-order valence-corrected chi connectivity index (χ3v) is 4.89. The number of benzene rings is 1. The van der Waals surface area contributed by atoms with E-state index in [1.165, 1.54) is 15.9 Å². The van der Waals surface area contributed by atoms with Crippen molar-refractivity contribution in [3.8, 4) is 0 Å². The fraction of sp³-hybridized carbons (Fsp3) is 0.375. The standard InChI is InChI=1S/C16H19BrN4O/c1-11(21-8-7-12-5-3-4-6-14(12)21)9-18-13-10-19-20(2)16(22)15(13)17/h3-6,10-11,18H,7-9H2,1-2H3. The molecule has 1 N–H and O–H groups in total. The van der Waals surface area contributed by atoms with Crippen molar-refractivity contribution in [2.75, 3.05) is 23.3 Å². The van der Waals surface area contributed by atoms with Crippen LogP contribution in [0.2, 0.25) is 0 Å². The largest absolute Gasteiger partial charge is 0.381 e. The highest BCUT2D eigenvalue weighted by Gasteiger charge is 2.22. The van der Waals surface area contributed by atoms with Crippen LogP contribution in [0.4, 0.5) is 11.4 Å². The fourth-order valence-corrected chi connectivity index (χ4v) is 3.32. The molecule has 22 heavy (non-hydrogen) atoms. The van der Waals surface area contributed by atoms with Crippen molar-refractivity contribution in [2.24, 2.45) is 7.05 Å². The summed E-state index contributed by atoms with van der Waals surface area (Å²) in [6.07, 6.45) is 2.77. The van der Waals surface area contributed by atoms with Gasteiger partial charge in [-0.3, -0.25) is 4.79 Å². The minimum atomic E-state index is -0.135. The van der Waals surface area contributed by atoms with Crippen molar-refractivity contribution in [3.05, 3.63) is 50.9 Å². The lowest BCUT2D eigenvalue weighted by molar-refractivity contribution is 0.674. The van der Waals surface area contributed by atoms with Crippen molar-refractivity contribution in [3.63, 3.8) is 0 Å². The summed E-state index contributed by atoms with van der Waals surface area (Å²) in [5.74, 6) is 0. The summed E-state index contributed by atoms with van der Waals surface area (Å²) in [5, 5.41) is 7.37. The Kier molecular flexibility index (Phi) is 4.20. The Balaban J connectivity index is 1.70. The Morgan fingerprint density at radius 3 is 3.00 bits per heavy atom. The molecule has 1 atom stereocenters. The molecule has 0 aliphatic carbocycles. The van der Waals surface area contributed by atoms with Crippen LogP contribution < -0.4 is 15.8 Å². The van der Waals surface area contributed by atoms with Gasteiger partial charge in [0.15, 0.2) is 0 Å². The van der Waals surface area contributed by atoms with Crippen LogP contribution in [0.5, 0.6) is 0 Å². The van der Waals surface area contributed by atoms with Crippen molar-refractivity contribution in [1.29, 1.82) is 0 Å². The van der Waals surface area contributed by atoms with E-state index in [2.05, 4.69) is 62.4 Å². The van der Waals surface area contributed by atoms with Gasteiger partial charge in [-0.2, -0.15) is 5.10 Å². The first-order chi connectivity index (χ1) is 10.6. The first-order valence-corrected chi connectivity index (χ1v) is 8.17. The van der Waals surface area contributed by atoms with Gasteiger partial charge in [-0.1, -0.05) is 18.2 Å². The third-order valence-electron chi connectivity index (χ3n) is 4.12. The van der Waals surface area contributed by atoms with Crippen molar-refractivity contribution in [2.45, 2.75) is 19.4 Å². The maximum atomic E-state index is 11.9. The molecule has 0 spiro atoms. The van der Waals surface area contributed by atoms with Gasteiger partial charge in [-0.25, -0.2) is 4.68 Å². The van der Waals surface area contributed by atoms with E-state index >= 15 is 0 Å². The van der Waals surface area contributed by atoms with Crippen LogP contribution in [0.3, 0.4) is 0 Å². The average Bonchev–Trinajstić information content (AvgIpc) is 2.96. The molecule has 116 valence electrons. The number of hydrogen-bond acceptors (Lipinski definition) is 4. The molecule has 1 aromatic heterocycles. The van der Waals surface area contributed by atoms with Gasteiger partial charge < -0.3 is 10.2 Å². The quantitative estimate of drug-likeness (QED) is 0.907. The van der Waals surface area contributed by atoms with E-state index in [4.69, 9.17) is 0 Å². The summed E-state index contributed by atoms with van der Waals surface area (Å²) < 4.78 is 1.84. The van der Waals surface area contributed by atoms with Crippen LogP contribution in [0, 0.1) is 0 Å². The van der Waals surface area contributed by atoms with Crippen LogP contribution in [-0.2, 0) is 13.5 Å². The van der Waals surface area contributed by atoms with Gasteiger partial charge in [0.25, 0.3) is 5.56 Å². The number of nitrogens with one attached hydrogen (secondary N) is 1. The van der Waals surface area contributed by atoms with E-state index < -0.39 is 0 Å². The summed E-state index contributed by atoms with van der Waals surface area (Å²) >= 11 is 3.34. The molecule has 0 amide bonds. The molecule has 0 fully saturated rings. The van der Waals surface area contributed by atoms with Gasteiger partial charge in [0, 0.05) is 31.9 Å². The lowest BCUT2D eigenvalue weighted by Gasteiger charge is -2.28. The normalized spacial score (nSPS) is 14.8. The number of rotatable bonds is 4. The first kappa shape index (κ1) is 15.1. The van der Waals surface area contributed by atoms with E-state index in [0.29, 0.717) is 10.5 Å². The Bertz CT molecular complexity index is 743. The fourth-order valence-electron chi connectivity index (χ4n) is 2.82. The third kappa shape index (κ3) is 2.75. The van der Waals surface area contributed by atoms with E-state index in [-0.39, 0.29) is 5.56 Å². The Morgan fingerprint density at radius 2 is 2.18 bits per heavy atom. The molecule has 3 rings (SSSR count). The van der Waals surface area contributed by atoms with Crippen LogP contribution in [0.15, 0.2) is 39.7 Å². The number of aryl methyl sites for hydroxylation is 1. The number of nitrogens with zero attached hydrogens (tertiary/aromatic N) is 3. The summed E-state index contributed by atoms with van der Waals surface area (Å²) in [6, 6.07) is 8.87. The van der Waals surface area contributed by atoms with Gasteiger partial charge in [-0.05, 0) is 40.9 Å². The van der Waals surface area contributed by atoms with E-state index in [0.717, 1.165) is 25.2 Å². The molecule has 2 aromatic rings. The predicted molar refractivity (Wildman–Crippen MR) is 92.6 cm³/mol. The minimum absolute atomic E-state index is 0.135. The molecule has 6 heteroatoms. The molecular weight excluding hydrogens is 344 g/mol. The SMILES string of the molecule is CC(CNc1cnn(C)c(=O)c1Br)N1CCc2ccccc21. The molecular formula is C16H19BrN4O. The van der Waals surface area contributed by atoms with Gasteiger partial charge in [0.1, 0.15) is 4.47 Å². The molecule has 1 aliphatic rings. The van der Waals surface area contributed by atoms with Crippen LogP contribution in [0.1, 0.15) is 12.5 Å². The number of anilines is 2. The lowest BCUT2D eigenvalue weighted by Crippen LogP contribution is -2.37. The van der Waals surface area contributed by atoms with Gasteiger partial charge >= 0.3 is 0 Å². The lowest BCUT2D eigenvalue weighted by atomic mass is 10.2. The zero-order valence-electron chi connectivity index (χ0n) is 12.7. The van der Waals surface area contributed by atoms with Gasteiger partial charge in [0.2, 0.25) is 0 Å². The monoisotopic (exact) mass is 362 g/mol. The Hall–Kier alpha value is -1.82. The summed E-state index contributed by atoms with van der Waals surface area (Å²) in [5.41, 5.74) is 3.33. The highest BCUT2D eigenvalue weighted by atomic mass is 79.9. The number of fused-ring (bicyclic) bond motifs is 1. The maximum Gasteiger partial charge on any atom is 0.282 e. The molecule has 1 unspecified atom stereocenters. The highest BCUT2D eigenvalue weighted by molar-refractivity contribution is 9.10. The van der Waals surface area contributed by atoms with Crippen LogP contribution >= 0.6 is 15.9 Å². The summed E-state index contributed by atoms with van der Waals surface area (Å²) in [7, 11) is 1.64. The van der Waals surface area contributed by atoms with Gasteiger partial charge in [-0.15, -0.1) is 0 Å². The molecule has 1 aromatic carbocycles. The Morgan fingerprint density at radius 1 is 1.41 bits per heavy atom. The maximum absolute atomic E-state index is 11.9. The van der Waals surface area contributed by atoms with Gasteiger partial charge in [0.05, 0.1) is 11.9 Å². The minimum Gasteiger partial charge on any atom is -0.381 e. The molecule has 1 aliphatic heterocycles. The molecule has 0 saturated heterocycles. The zero-order chi connectivity index (χ0) is 15.7. The second-order valence-electron chi connectivity index (χ2n) is 5.60. The predicted octanol–water partition coefficient (Wildman–Crippen LogP) is 2.41. The highest BCUT2D eigenvalue weighted by Crippen LogP contribution is 2.29. The second-order valence-corrected chi connectivity index (χ2v) is 6.40. The molecule has 0 saturated carbocycles.